The van der Waals surface area contributed by atoms with E-state index < -0.39 is 11.2 Å². The molecular formula is C19H25ClN4O3. The van der Waals surface area contributed by atoms with Crippen molar-refractivity contribution in [1.82, 2.24) is 19.8 Å². The van der Waals surface area contributed by atoms with Gasteiger partial charge in [0.05, 0.1) is 6.54 Å². The van der Waals surface area contributed by atoms with Crippen LogP contribution in [0.4, 0.5) is 0 Å². The topological polar surface area (TPSA) is 85.1 Å². The number of aromatic nitrogens is 2. The fourth-order valence-electron chi connectivity index (χ4n) is 3.16. The smallest absolute Gasteiger partial charge is 0.331 e. The second-order valence-electron chi connectivity index (χ2n) is 6.65. The fourth-order valence-corrected chi connectivity index (χ4v) is 3.16. The van der Waals surface area contributed by atoms with Crippen LogP contribution in [0.1, 0.15) is 18.4 Å². The van der Waals surface area contributed by atoms with Gasteiger partial charge in [-0.15, -0.1) is 12.4 Å². The normalized spacial score (nSPS) is 16.4. The van der Waals surface area contributed by atoms with Gasteiger partial charge >= 0.3 is 5.69 Å². The summed E-state index contributed by atoms with van der Waals surface area (Å²) >= 11 is 0. The Morgan fingerprint density at radius 2 is 1.96 bits per heavy atom. The van der Waals surface area contributed by atoms with Crippen LogP contribution in [0, 0.1) is 5.92 Å². The molecule has 0 spiro atoms. The molecule has 146 valence electrons. The van der Waals surface area contributed by atoms with Gasteiger partial charge < -0.3 is 10.6 Å². The van der Waals surface area contributed by atoms with Crippen molar-refractivity contribution in [3.63, 3.8) is 0 Å². The van der Waals surface area contributed by atoms with Crippen LogP contribution >= 0.6 is 12.4 Å². The fraction of sp³-hybridized carbons (Fsp3) is 0.421. The first kappa shape index (κ1) is 20.9. The Kier molecular flexibility index (Phi) is 7.82. The third-order valence-electron chi connectivity index (χ3n) is 4.62. The van der Waals surface area contributed by atoms with Gasteiger partial charge in [0.25, 0.3) is 5.56 Å². The number of halogens is 1. The maximum Gasteiger partial charge on any atom is 0.331 e. The minimum atomic E-state index is -0.476. The summed E-state index contributed by atoms with van der Waals surface area (Å²) in [5.74, 6) is 0.0853. The Bertz CT molecular complexity index is 857. The quantitative estimate of drug-likeness (QED) is 0.753. The van der Waals surface area contributed by atoms with Gasteiger partial charge in [0, 0.05) is 18.8 Å². The van der Waals surface area contributed by atoms with Crippen molar-refractivity contribution in [3.05, 3.63) is 69.0 Å². The maximum absolute atomic E-state index is 12.6. The summed E-state index contributed by atoms with van der Waals surface area (Å²) in [6, 6.07) is 10.8. The largest absolute Gasteiger partial charge is 0.354 e. The zero-order valence-corrected chi connectivity index (χ0v) is 15.9. The highest BCUT2D eigenvalue weighted by atomic mass is 35.5. The second-order valence-corrected chi connectivity index (χ2v) is 6.65. The molecule has 0 radical (unpaired) electrons. The molecule has 27 heavy (non-hydrogen) atoms. The van der Waals surface area contributed by atoms with E-state index >= 15 is 0 Å². The molecular weight excluding hydrogens is 368 g/mol. The van der Waals surface area contributed by atoms with E-state index in [4.69, 9.17) is 0 Å². The Hall–Kier alpha value is -2.38. The Labute approximate surface area is 163 Å². The van der Waals surface area contributed by atoms with Crippen LogP contribution in [0.5, 0.6) is 0 Å². The van der Waals surface area contributed by atoms with Crippen LogP contribution < -0.4 is 21.9 Å². The van der Waals surface area contributed by atoms with E-state index in [1.807, 2.05) is 30.3 Å². The minimum Gasteiger partial charge on any atom is -0.354 e. The molecule has 1 aliphatic heterocycles. The third kappa shape index (κ3) is 5.80. The molecule has 1 atom stereocenters. The number of carbonyl (C=O) groups excluding carboxylic acids is 1. The first-order valence-corrected chi connectivity index (χ1v) is 8.95. The Balaban J connectivity index is 0.00000261. The van der Waals surface area contributed by atoms with Crippen molar-refractivity contribution in [3.8, 4) is 0 Å². The van der Waals surface area contributed by atoms with Crippen molar-refractivity contribution in [1.29, 1.82) is 0 Å². The molecule has 0 saturated carbocycles. The van der Waals surface area contributed by atoms with E-state index in [1.54, 1.807) is 0 Å². The molecule has 1 aliphatic rings. The average Bonchev–Trinajstić information content (AvgIpc) is 2.67. The molecule has 8 heteroatoms. The lowest BCUT2D eigenvalue weighted by molar-refractivity contribution is -0.122. The lowest BCUT2D eigenvalue weighted by Crippen LogP contribution is -2.44. The number of benzene rings is 1. The summed E-state index contributed by atoms with van der Waals surface area (Å²) in [4.78, 5) is 36.8. The van der Waals surface area contributed by atoms with Crippen LogP contribution in [0.25, 0.3) is 0 Å². The van der Waals surface area contributed by atoms with Gasteiger partial charge in [0.1, 0.15) is 6.54 Å². The van der Waals surface area contributed by atoms with Crippen molar-refractivity contribution in [2.24, 2.45) is 5.92 Å². The molecule has 1 aromatic carbocycles. The maximum atomic E-state index is 12.6. The van der Waals surface area contributed by atoms with E-state index in [-0.39, 0.29) is 24.9 Å². The molecule has 0 bridgehead atoms. The monoisotopic (exact) mass is 392 g/mol. The SMILES string of the molecule is Cl.O=C(Cn1c(=O)ccn(Cc2ccccc2)c1=O)NCC1CCCNC1. The van der Waals surface area contributed by atoms with Gasteiger partial charge in [0.15, 0.2) is 0 Å². The molecule has 2 heterocycles. The molecule has 2 N–H and O–H groups in total. The van der Waals surface area contributed by atoms with E-state index in [9.17, 15) is 14.4 Å². The first-order chi connectivity index (χ1) is 12.6. The van der Waals surface area contributed by atoms with Gasteiger partial charge in [-0.25, -0.2) is 4.79 Å². The summed E-state index contributed by atoms with van der Waals surface area (Å²) in [5, 5.41) is 6.13. The van der Waals surface area contributed by atoms with Gasteiger partial charge in [-0.05, 0) is 37.4 Å². The number of hydrogen-bond donors (Lipinski definition) is 2. The van der Waals surface area contributed by atoms with Crippen LogP contribution in [0.2, 0.25) is 0 Å². The van der Waals surface area contributed by atoms with Gasteiger partial charge in [-0.2, -0.15) is 0 Å². The molecule has 1 amide bonds. The van der Waals surface area contributed by atoms with Crippen LogP contribution in [0.3, 0.4) is 0 Å². The van der Waals surface area contributed by atoms with Crippen LogP contribution in [0.15, 0.2) is 52.2 Å². The average molecular weight is 393 g/mol. The summed E-state index contributed by atoms with van der Waals surface area (Å²) in [6.07, 6.45) is 3.64. The lowest BCUT2D eigenvalue weighted by Gasteiger charge is -2.22. The lowest BCUT2D eigenvalue weighted by atomic mass is 10.00. The third-order valence-corrected chi connectivity index (χ3v) is 4.62. The van der Waals surface area contributed by atoms with Crippen molar-refractivity contribution >= 4 is 18.3 Å². The molecule has 1 unspecified atom stereocenters. The molecule has 1 saturated heterocycles. The number of carbonyl (C=O) groups is 1. The number of hydrogen-bond acceptors (Lipinski definition) is 4. The van der Waals surface area contributed by atoms with E-state index in [1.165, 1.54) is 16.8 Å². The standard InChI is InChI=1S/C19H24N4O3.ClH/c24-17(21-12-16-7-4-9-20-11-16)14-23-18(25)8-10-22(19(23)26)13-15-5-2-1-3-6-15;/h1-3,5-6,8,10,16,20H,4,7,9,11-14H2,(H,21,24);1H. The minimum absolute atomic E-state index is 0. The number of rotatable bonds is 6. The predicted octanol–water partition coefficient (Wildman–Crippen LogP) is 0.596. The van der Waals surface area contributed by atoms with Crippen LogP contribution in [-0.2, 0) is 17.9 Å². The van der Waals surface area contributed by atoms with Crippen molar-refractivity contribution in [2.75, 3.05) is 19.6 Å². The number of nitrogens with zero attached hydrogens (tertiary/aromatic N) is 2. The summed E-state index contributed by atoms with van der Waals surface area (Å²) in [6.45, 7) is 2.56. The molecule has 3 rings (SSSR count). The number of amides is 1. The molecule has 0 aliphatic carbocycles. The Morgan fingerprint density at radius 3 is 2.67 bits per heavy atom. The number of nitrogens with one attached hydrogen (secondary N) is 2. The molecule has 2 aromatic rings. The van der Waals surface area contributed by atoms with Crippen molar-refractivity contribution in [2.45, 2.75) is 25.9 Å². The molecule has 1 fully saturated rings. The van der Waals surface area contributed by atoms with Crippen LogP contribution in [-0.4, -0.2) is 34.7 Å². The zero-order valence-electron chi connectivity index (χ0n) is 15.1. The summed E-state index contributed by atoms with van der Waals surface area (Å²) in [5.41, 5.74) is 0.0127. The van der Waals surface area contributed by atoms with E-state index in [0.29, 0.717) is 19.0 Å². The van der Waals surface area contributed by atoms with E-state index in [2.05, 4.69) is 10.6 Å². The molecule has 1 aromatic heterocycles. The highest BCUT2D eigenvalue weighted by molar-refractivity contribution is 5.85. The summed E-state index contributed by atoms with van der Waals surface area (Å²) < 4.78 is 2.42. The molecule has 7 nitrogen and oxygen atoms in total. The second kappa shape index (κ2) is 10.1. The number of piperidine rings is 1. The summed E-state index contributed by atoms with van der Waals surface area (Å²) in [7, 11) is 0. The first-order valence-electron chi connectivity index (χ1n) is 8.95. The van der Waals surface area contributed by atoms with Crippen molar-refractivity contribution < 1.29 is 4.79 Å². The highest BCUT2D eigenvalue weighted by Crippen LogP contribution is 2.08. The Morgan fingerprint density at radius 1 is 1.19 bits per heavy atom. The predicted molar refractivity (Wildman–Crippen MR) is 106 cm³/mol. The van der Waals surface area contributed by atoms with Gasteiger partial charge in [0.2, 0.25) is 5.91 Å². The highest BCUT2D eigenvalue weighted by Gasteiger charge is 2.15. The van der Waals surface area contributed by atoms with Gasteiger partial charge in [-0.3, -0.25) is 18.7 Å². The van der Waals surface area contributed by atoms with E-state index in [0.717, 1.165) is 36.1 Å². The zero-order chi connectivity index (χ0) is 18.4. The van der Waals surface area contributed by atoms with Gasteiger partial charge in [-0.1, -0.05) is 30.3 Å².